The van der Waals surface area contributed by atoms with Gasteiger partial charge in [-0.25, -0.2) is 5.01 Å². The fraction of sp³-hybridized carbons (Fsp3) is 1.00. The van der Waals surface area contributed by atoms with E-state index in [2.05, 4.69) is 24.3 Å². The summed E-state index contributed by atoms with van der Waals surface area (Å²) in [6, 6.07) is 0. The van der Waals surface area contributed by atoms with Gasteiger partial charge in [0.2, 0.25) is 0 Å². The van der Waals surface area contributed by atoms with E-state index in [1.165, 1.54) is 0 Å². The maximum absolute atomic E-state index is 5.54. The van der Waals surface area contributed by atoms with Gasteiger partial charge in [0.15, 0.2) is 0 Å². The average molecular weight is 144 g/mol. The Kier molecular flexibility index (Phi) is 2.65. The van der Waals surface area contributed by atoms with Crippen LogP contribution in [-0.4, -0.2) is 37.4 Å². The van der Waals surface area contributed by atoms with Crippen molar-refractivity contribution in [3.63, 3.8) is 0 Å². The summed E-state index contributed by atoms with van der Waals surface area (Å²) >= 11 is 0. The van der Waals surface area contributed by atoms with Gasteiger partial charge in [-0.15, -0.1) is 0 Å². The molecule has 0 amide bonds. The first-order valence-corrected chi connectivity index (χ1v) is 3.80. The fourth-order valence-electron chi connectivity index (χ4n) is 1.36. The molecule has 0 spiro atoms. The third-order valence-electron chi connectivity index (χ3n) is 1.74. The Morgan fingerprint density at radius 1 is 1.30 bits per heavy atom. The van der Waals surface area contributed by atoms with Crippen LogP contribution in [0.4, 0.5) is 0 Å². The van der Waals surface area contributed by atoms with Crippen LogP contribution in [0.15, 0.2) is 0 Å². The van der Waals surface area contributed by atoms with Gasteiger partial charge in [-0.3, -0.25) is 5.43 Å². The van der Waals surface area contributed by atoms with Crippen LogP contribution in [0.25, 0.3) is 0 Å². The monoisotopic (exact) mass is 144 g/mol. The van der Waals surface area contributed by atoms with Crippen molar-refractivity contribution < 1.29 is 4.74 Å². The molecule has 3 nitrogen and oxygen atoms in total. The Morgan fingerprint density at radius 2 is 1.80 bits per heavy atom. The molecule has 1 saturated heterocycles. The van der Waals surface area contributed by atoms with Crippen LogP contribution in [0.5, 0.6) is 0 Å². The highest BCUT2D eigenvalue weighted by Crippen LogP contribution is 2.07. The third kappa shape index (κ3) is 1.94. The second-order valence-electron chi connectivity index (χ2n) is 2.89. The summed E-state index contributed by atoms with van der Waals surface area (Å²) in [5.41, 5.74) is 3.12. The number of ether oxygens (including phenoxy) is 1. The smallest absolute Gasteiger partial charge is 0.0692 e. The predicted molar refractivity (Wildman–Crippen MR) is 40.6 cm³/mol. The Hall–Kier alpha value is -0.120. The maximum atomic E-state index is 5.54. The normalized spacial score (nSPS) is 36.3. The number of hydrazine groups is 1. The van der Waals surface area contributed by atoms with Gasteiger partial charge in [0.05, 0.1) is 12.2 Å². The molecular formula is C7H16N2O. The first-order valence-electron chi connectivity index (χ1n) is 3.80. The number of hydrogen-bond acceptors (Lipinski definition) is 3. The van der Waals surface area contributed by atoms with Gasteiger partial charge in [0, 0.05) is 13.1 Å². The molecule has 1 heterocycles. The summed E-state index contributed by atoms with van der Waals surface area (Å²) in [5.74, 6) is 0. The van der Waals surface area contributed by atoms with E-state index >= 15 is 0 Å². The van der Waals surface area contributed by atoms with Crippen LogP contribution < -0.4 is 5.43 Å². The molecule has 0 unspecified atom stereocenters. The molecule has 0 bridgehead atoms. The standard InChI is InChI=1S/C7H16N2O/c1-6-4-9(8-3)5-7(2)10-6/h6-8H,4-5H2,1-3H3/t6-,7-/m1/s1. The van der Waals surface area contributed by atoms with Crippen molar-refractivity contribution >= 4 is 0 Å². The quantitative estimate of drug-likeness (QED) is 0.570. The van der Waals surface area contributed by atoms with Crippen molar-refractivity contribution in [3.05, 3.63) is 0 Å². The third-order valence-corrected chi connectivity index (χ3v) is 1.74. The van der Waals surface area contributed by atoms with E-state index in [0.717, 1.165) is 13.1 Å². The number of morpholine rings is 1. The van der Waals surface area contributed by atoms with Crippen LogP contribution in [0, 0.1) is 0 Å². The van der Waals surface area contributed by atoms with Crippen LogP contribution in [0.2, 0.25) is 0 Å². The number of hydrogen-bond donors (Lipinski definition) is 1. The molecule has 2 atom stereocenters. The first-order chi connectivity index (χ1) is 4.72. The van der Waals surface area contributed by atoms with Crippen molar-refractivity contribution in [2.75, 3.05) is 20.1 Å². The second kappa shape index (κ2) is 3.32. The summed E-state index contributed by atoms with van der Waals surface area (Å²) in [6.45, 7) is 6.17. The lowest BCUT2D eigenvalue weighted by atomic mass is 10.3. The number of rotatable bonds is 1. The van der Waals surface area contributed by atoms with Gasteiger partial charge in [-0.05, 0) is 20.9 Å². The van der Waals surface area contributed by atoms with E-state index in [9.17, 15) is 0 Å². The summed E-state index contributed by atoms with van der Waals surface area (Å²) in [7, 11) is 1.95. The van der Waals surface area contributed by atoms with Crippen molar-refractivity contribution in [1.82, 2.24) is 10.4 Å². The molecule has 1 aliphatic rings. The molecule has 0 aromatic heterocycles. The van der Waals surface area contributed by atoms with Crippen LogP contribution in [0.3, 0.4) is 0 Å². The molecule has 3 heteroatoms. The second-order valence-corrected chi connectivity index (χ2v) is 2.89. The van der Waals surface area contributed by atoms with Gasteiger partial charge in [-0.2, -0.15) is 0 Å². The Labute approximate surface area is 62.3 Å². The Morgan fingerprint density at radius 3 is 2.20 bits per heavy atom. The summed E-state index contributed by atoms with van der Waals surface area (Å²) in [6.07, 6.45) is 0.715. The molecule has 0 saturated carbocycles. The van der Waals surface area contributed by atoms with E-state index in [0.29, 0.717) is 12.2 Å². The first kappa shape index (κ1) is 7.98. The molecule has 0 aromatic carbocycles. The largest absolute Gasteiger partial charge is 0.373 e. The van der Waals surface area contributed by atoms with Gasteiger partial charge in [0.1, 0.15) is 0 Å². The summed E-state index contributed by atoms with van der Waals surface area (Å²) < 4.78 is 5.54. The minimum Gasteiger partial charge on any atom is -0.373 e. The van der Waals surface area contributed by atoms with E-state index in [1.807, 2.05) is 7.05 Å². The zero-order chi connectivity index (χ0) is 7.56. The molecule has 60 valence electrons. The molecular weight excluding hydrogens is 128 g/mol. The predicted octanol–water partition coefficient (Wildman–Crippen LogP) is 0.230. The maximum Gasteiger partial charge on any atom is 0.0692 e. The van der Waals surface area contributed by atoms with Gasteiger partial charge in [-0.1, -0.05) is 0 Å². The highest BCUT2D eigenvalue weighted by molar-refractivity contribution is 4.69. The molecule has 1 N–H and O–H groups in total. The lowest BCUT2D eigenvalue weighted by Crippen LogP contribution is -2.50. The SMILES string of the molecule is CNN1C[C@@H](C)O[C@H](C)C1. The zero-order valence-electron chi connectivity index (χ0n) is 6.92. The number of nitrogens with zero attached hydrogens (tertiary/aromatic N) is 1. The van der Waals surface area contributed by atoms with Gasteiger partial charge >= 0.3 is 0 Å². The van der Waals surface area contributed by atoms with Crippen molar-refractivity contribution in [2.24, 2.45) is 0 Å². The van der Waals surface area contributed by atoms with Crippen molar-refractivity contribution in [3.8, 4) is 0 Å². The van der Waals surface area contributed by atoms with Crippen molar-refractivity contribution in [2.45, 2.75) is 26.1 Å². The van der Waals surface area contributed by atoms with E-state index in [-0.39, 0.29) is 0 Å². The lowest BCUT2D eigenvalue weighted by molar-refractivity contribution is -0.0811. The topological polar surface area (TPSA) is 24.5 Å². The summed E-state index contributed by atoms with van der Waals surface area (Å²) in [4.78, 5) is 0. The van der Waals surface area contributed by atoms with Crippen LogP contribution >= 0.6 is 0 Å². The lowest BCUT2D eigenvalue weighted by Gasteiger charge is -2.34. The zero-order valence-corrected chi connectivity index (χ0v) is 6.92. The van der Waals surface area contributed by atoms with E-state index in [1.54, 1.807) is 0 Å². The Balaban J connectivity index is 2.35. The van der Waals surface area contributed by atoms with E-state index in [4.69, 9.17) is 4.74 Å². The van der Waals surface area contributed by atoms with Crippen LogP contribution in [0.1, 0.15) is 13.8 Å². The van der Waals surface area contributed by atoms with Gasteiger partial charge in [0.25, 0.3) is 0 Å². The molecule has 10 heavy (non-hydrogen) atoms. The fourth-order valence-corrected chi connectivity index (χ4v) is 1.36. The molecule has 0 aliphatic carbocycles. The molecule has 0 aromatic rings. The minimum atomic E-state index is 0.358. The molecule has 0 radical (unpaired) electrons. The Bertz CT molecular complexity index is 97.8. The average Bonchev–Trinajstić information content (AvgIpc) is 1.85. The van der Waals surface area contributed by atoms with Gasteiger partial charge < -0.3 is 4.74 Å². The van der Waals surface area contributed by atoms with E-state index < -0.39 is 0 Å². The molecule has 1 rings (SSSR count). The highest BCUT2D eigenvalue weighted by atomic mass is 16.5. The molecule has 1 fully saturated rings. The number of nitrogens with one attached hydrogen (secondary N) is 1. The van der Waals surface area contributed by atoms with Crippen molar-refractivity contribution in [1.29, 1.82) is 0 Å². The molecule has 1 aliphatic heterocycles. The highest BCUT2D eigenvalue weighted by Gasteiger charge is 2.20. The summed E-state index contributed by atoms with van der Waals surface area (Å²) in [5, 5.41) is 2.18. The minimum absolute atomic E-state index is 0.358. The van der Waals surface area contributed by atoms with Crippen LogP contribution in [-0.2, 0) is 4.74 Å².